The molecule has 8 aromatic rings. The van der Waals surface area contributed by atoms with Gasteiger partial charge in [0.05, 0.1) is 5.69 Å². The Hall–Kier alpha value is -5.92. The first-order chi connectivity index (χ1) is 30.4. The Morgan fingerprint density at radius 2 is 0.859 bits per heavy atom. The van der Waals surface area contributed by atoms with Gasteiger partial charge in [0.25, 0.3) is 0 Å². The lowest BCUT2D eigenvalue weighted by Crippen LogP contribution is -2.34. The number of fused-ring (bicyclic) bond motifs is 8. The van der Waals surface area contributed by atoms with Gasteiger partial charge in [-0.25, -0.2) is 0 Å². The van der Waals surface area contributed by atoms with Gasteiger partial charge in [-0.3, -0.25) is 0 Å². The van der Waals surface area contributed by atoms with Crippen LogP contribution in [0.1, 0.15) is 128 Å². The molecule has 0 saturated heterocycles. The minimum absolute atomic E-state index is 0.0643. The summed E-state index contributed by atoms with van der Waals surface area (Å²) in [4.78, 5) is 2.60. The van der Waals surface area contributed by atoms with Crippen molar-refractivity contribution >= 4 is 38.6 Å². The topological polar surface area (TPSA) is 3.24 Å². The molecule has 0 aliphatic heterocycles. The van der Waals surface area contributed by atoms with Crippen molar-refractivity contribution in [3.63, 3.8) is 0 Å². The van der Waals surface area contributed by atoms with E-state index in [1.807, 2.05) is 0 Å². The van der Waals surface area contributed by atoms with Gasteiger partial charge in [-0.05, 0) is 173 Å². The average molecular weight is 834 g/mol. The number of benzene rings is 8. The predicted octanol–water partition coefficient (Wildman–Crippen LogP) is 17.8. The van der Waals surface area contributed by atoms with Crippen molar-refractivity contribution in [1.82, 2.24) is 0 Å². The van der Waals surface area contributed by atoms with Crippen LogP contribution < -0.4 is 4.90 Å². The van der Waals surface area contributed by atoms with Crippen molar-refractivity contribution in [1.29, 1.82) is 0 Å². The van der Waals surface area contributed by atoms with Crippen molar-refractivity contribution < 1.29 is 0 Å². The lowest BCUT2D eigenvalue weighted by Gasteiger charge is -2.43. The first-order valence-electron chi connectivity index (χ1n) is 23.8. The Labute approximate surface area is 382 Å². The highest BCUT2D eigenvalue weighted by molar-refractivity contribution is 6.13. The van der Waals surface area contributed by atoms with Crippen LogP contribution in [0.5, 0.6) is 0 Å². The van der Waals surface area contributed by atoms with E-state index in [4.69, 9.17) is 0 Å². The fraction of sp³-hybridized carbons (Fsp3) is 0.302. The van der Waals surface area contributed by atoms with Crippen LogP contribution in [0.2, 0.25) is 0 Å². The molecule has 1 nitrogen and oxygen atoms in total. The Morgan fingerprint density at radius 1 is 0.328 bits per heavy atom. The average Bonchev–Trinajstić information content (AvgIpc) is 3.51. The van der Waals surface area contributed by atoms with Crippen molar-refractivity contribution in [3.8, 4) is 33.4 Å². The van der Waals surface area contributed by atoms with Crippen molar-refractivity contribution in [2.75, 3.05) is 4.90 Å². The molecule has 0 saturated carbocycles. The third-order valence-corrected chi connectivity index (χ3v) is 16.4. The van der Waals surface area contributed by atoms with Crippen LogP contribution in [0, 0.1) is 0 Å². The number of nitrogens with zero attached hydrogens (tertiary/aromatic N) is 1. The normalized spacial score (nSPS) is 18.2. The van der Waals surface area contributed by atoms with E-state index < -0.39 is 0 Å². The second kappa shape index (κ2) is 14.0. The van der Waals surface area contributed by atoms with E-state index in [0.29, 0.717) is 0 Å². The summed E-state index contributed by atoms with van der Waals surface area (Å²) in [6, 6.07) is 58.7. The Kier molecular flexibility index (Phi) is 8.96. The molecular formula is C63H63N. The summed E-state index contributed by atoms with van der Waals surface area (Å²) >= 11 is 0. The Balaban J connectivity index is 1.18. The lowest BCUT2D eigenvalue weighted by atomic mass is 9.63. The van der Waals surface area contributed by atoms with Gasteiger partial charge in [0.2, 0.25) is 0 Å². The summed E-state index contributed by atoms with van der Waals surface area (Å²) in [5, 5.41) is 5.14. The number of hydrogen-bond acceptors (Lipinski definition) is 1. The van der Waals surface area contributed by atoms with Crippen molar-refractivity contribution in [3.05, 3.63) is 185 Å². The summed E-state index contributed by atoms with van der Waals surface area (Å²) in [7, 11) is 0. The fourth-order valence-electron chi connectivity index (χ4n) is 12.1. The minimum Gasteiger partial charge on any atom is -0.310 e. The van der Waals surface area contributed by atoms with Gasteiger partial charge >= 0.3 is 0 Å². The molecule has 0 heterocycles. The van der Waals surface area contributed by atoms with Crippen LogP contribution in [0.15, 0.2) is 152 Å². The number of hydrogen-bond donors (Lipinski definition) is 0. The van der Waals surface area contributed by atoms with Gasteiger partial charge in [-0.2, -0.15) is 0 Å². The SMILES string of the molecule is CC1(C)CCC(C)(C)c2cc(-c3cc4c(cc3N(c3ccc(-c5cc6ccccc6c6ccccc56)cc3)c3ccc5c(c3)C(C)(C)CCC5(C)C)C(C)(C)c3ccccc3-4)ccc21. The molecule has 0 atom stereocenters. The van der Waals surface area contributed by atoms with Gasteiger partial charge in [-0.1, -0.05) is 178 Å². The molecule has 0 amide bonds. The Bertz CT molecular complexity index is 3190. The van der Waals surface area contributed by atoms with Gasteiger partial charge in [0.1, 0.15) is 0 Å². The van der Waals surface area contributed by atoms with Crippen LogP contribution in [-0.4, -0.2) is 0 Å². The monoisotopic (exact) mass is 833 g/mol. The first kappa shape index (κ1) is 40.8. The Morgan fingerprint density at radius 3 is 1.55 bits per heavy atom. The van der Waals surface area contributed by atoms with Crippen LogP contribution in [-0.2, 0) is 27.1 Å². The smallest absolute Gasteiger partial charge is 0.0543 e. The molecule has 0 N–H and O–H groups in total. The molecule has 64 heavy (non-hydrogen) atoms. The van der Waals surface area contributed by atoms with E-state index in [1.165, 1.54) is 125 Å². The van der Waals surface area contributed by atoms with Crippen LogP contribution in [0.25, 0.3) is 54.9 Å². The number of anilines is 3. The maximum Gasteiger partial charge on any atom is 0.0543 e. The summed E-state index contributed by atoms with van der Waals surface area (Å²) in [6.45, 7) is 24.4. The zero-order chi connectivity index (χ0) is 44.6. The zero-order valence-electron chi connectivity index (χ0n) is 39.7. The highest BCUT2D eigenvalue weighted by Crippen LogP contribution is 2.56. The van der Waals surface area contributed by atoms with Gasteiger partial charge in [-0.15, -0.1) is 0 Å². The summed E-state index contributed by atoms with van der Waals surface area (Å²) < 4.78 is 0. The van der Waals surface area contributed by atoms with Crippen molar-refractivity contribution in [2.24, 2.45) is 0 Å². The minimum atomic E-state index is -0.157. The highest BCUT2D eigenvalue weighted by atomic mass is 15.1. The molecule has 11 rings (SSSR count). The molecule has 0 fully saturated rings. The van der Waals surface area contributed by atoms with E-state index >= 15 is 0 Å². The summed E-state index contributed by atoms with van der Waals surface area (Å²) in [6.07, 6.45) is 4.74. The van der Waals surface area contributed by atoms with Crippen LogP contribution in [0.4, 0.5) is 17.1 Å². The molecule has 1 heteroatoms. The summed E-state index contributed by atoms with van der Waals surface area (Å²) in [5.74, 6) is 0. The van der Waals surface area contributed by atoms with E-state index in [1.54, 1.807) is 0 Å². The fourth-order valence-corrected chi connectivity index (χ4v) is 12.1. The highest BCUT2D eigenvalue weighted by Gasteiger charge is 2.41. The maximum atomic E-state index is 2.60. The molecule has 0 aromatic heterocycles. The lowest BCUT2D eigenvalue weighted by molar-refractivity contribution is 0.332. The third kappa shape index (κ3) is 6.24. The maximum absolute atomic E-state index is 2.60. The van der Waals surface area contributed by atoms with Crippen LogP contribution in [0.3, 0.4) is 0 Å². The largest absolute Gasteiger partial charge is 0.310 e. The van der Waals surface area contributed by atoms with Crippen molar-refractivity contribution in [2.45, 2.75) is 122 Å². The third-order valence-electron chi connectivity index (χ3n) is 16.4. The van der Waals surface area contributed by atoms with E-state index in [2.05, 4.69) is 226 Å². The molecule has 0 radical (unpaired) electrons. The van der Waals surface area contributed by atoms with Gasteiger partial charge < -0.3 is 4.90 Å². The molecule has 0 spiro atoms. The molecule has 8 aromatic carbocycles. The zero-order valence-corrected chi connectivity index (χ0v) is 39.7. The quantitative estimate of drug-likeness (QED) is 0.156. The molecule has 3 aliphatic rings. The number of rotatable bonds is 5. The standard InChI is InChI=1S/C63H63N/c1-59(2)31-33-61(5,6)56-36-42(25-29-53(56)59)50-38-51-48-21-15-16-22-52(48)63(9,10)55(51)39-58(50)64(44-28-30-54-57(37-44)62(7,8)34-32-60(54,3)4)43-26-23-40(24-27-43)49-35-41-17-11-12-18-45(41)46-19-13-14-20-47(46)49/h11-30,35-39H,31-34H2,1-10H3. The molecule has 0 unspecified atom stereocenters. The van der Waals surface area contributed by atoms with E-state index in [-0.39, 0.29) is 27.1 Å². The second-order valence-corrected chi connectivity index (χ2v) is 22.7. The van der Waals surface area contributed by atoms with E-state index in [0.717, 1.165) is 5.69 Å². The predicted molar refractivity (Wildman–Crippen MR) is 275 cm³/mol. The second-order valence-electron chi connectivity index (χ2n) is 22.7. The molecule has 320 valence electrons. The first-order valence-corrected chi connectivity index (χ1v) is 23.8. The van der Waals surface area contributed by atoms with E-state index in [9.17, 15) is 0 Å². The molecule has 3 aliphatic carbocycles. The molecule has 0 bridgehead atoms. The van der Waals surface area contributed by atoms with Gasteiger partial charge in [0, 0.05) is 22.4 Å². The summed E-state index contributed by atoms with van der Waals surface area (Å²) in [5.41, 5.74) is 20.3. The van der Waals surface area contributed by atoms with Crippen LogP contribution >= 0.6 is 0 Å². The molecular weight excluding hydrogens is 771 g/mol. The van der Waals surface area contributed by atoms with Gasteiger partial charge in [0.15, 0.2) is 0 Å².